The summed E-state index contributed by atoms with van der Waals surface area (Å²) in [6, 6.07) is 17.7. The van der Waals surface area contributed by atoms with Gasteiger partial charge in [0.1, 0.15) is 0 Å². The van der Waals surface area contributed by atoms with Gasteiger partial charge in [-0.2, -0.15) is 0 Å². The summed E-state index contributed by atoms with van der Waals surface area (Å²) in [7, 11) is 0. The Bertz CT molecular complexity index is 611. The average molecular weight is 331 g/mol. The molecule has 2 rings (SSSR count). The molecule has 0 saturated heterocycles. The van der Waals surface area contributed by atoms with E-state index in [1.165, 1.54) is 0 Å². The lowest BCUT2D eigenvalue weighted by molar-refractivity contribution is -0.122. The first-order valence-electron chi connectivity index (χ1n) is 7.89. The van der Waals surface area contributed by atoms with Crippen LogP contribution in [-0.2, 0) is 11.2 Å². The van der Waals surface area contributed by atoms with Crippen molar-refractivity contribution < 1.29 is 4.79 Å². The van der Waals surface area contributed by atoms with E-state index in [1.54, 1.807) is 0 Å². The van der Waals surface area contributed by atoms with Gasteiger partial charge in [-0.1, -0.05) is 54.1 Å². The molecule has 3 N–H and O–H groups in total. The lowest BCUT2D eigenvalue weighted by Crippen LogP contribution is -2.31. The van der Waals surface area contributed by atoms with Crippen molar-refractivity contribution in [1.29, 1.82) is 0 Å². The second kappa shape index (κ2) is 8.70. The quantitative estimate of drug-likeness (QED) is 0.809. The smallest absolute Gasteiger partial charge is 0.220 e. The van der Waals surface area contributed by atoms with E-state index in [9.17, 15) is 4.79 Å². The molecule has 0 spiro atoms. The van der Waals surface area contributed by atoms with Crippen molar-refractivity contribution in [1.82, 2.24) is 5.32 Å². The molecule has 122 valence electrons. The van der Waals surface area contributed by atoms with Crippen molar-refractivity contribution in [3.63, 3.8) is 0 Å². The number of nitrogens with two attached hydrogens (primary N) is 1. The number of amides is 1. The highest BCUT2D eigenvalue weighted by molar-refractivity contribution is 6.30. The van der Waals surface area contributed by atoms with E-state index in [0.717, 1.165) is 17.5 Å². The first-order chi connectivity index (χ1) is 11.0. The number of carbonyl (C=O) groups excluding carboxylic acids is 1. The Hall–Kier alpha value is -1.84. The van der Waals surface area contributed by atoms with Gasteiger partial charge < -0.3 is 11.1 Å². The maximum Gasteiger partial charge on any atom is 0.220 e. The van der Waals surface area contributed by atoms with Crippen LogP contribution in [0.5, 0.6) is 0 Å². The Morgan fingerprint density at radius 1 is 1.13 bits per heavy atom. The summed E-state index contributed by atoms with van der Waals surface area (Å²) in [5.41, 5.74) is 7.96. The second-order valence-corrected chi connectivity index (χ2v) is 6.31. The SMILES string of the molecule is CC(N)CCC(=O)NC(Cc1ccc(Cl)cc1)c1ccccc1. The fourth-order valence-corrected chi connectivity index (χ4v) is 2.55. The van der Waals surface area contributed by atoms with Crippen molar-refractivity contribution in [2.24, 2.45) is 5.73 Å². The van der Waals surface area contributed by atoms with E-state index in [1.807, 2.05) is 61.5 Å². The highest BCUT2D eigenvalue weighted by Crippen LogP contribution is 2.20. The first-order valence-corrected chi connectivity index (χ1v) is 8.26. The number of hydrogen-bond acceptors (Lipinski definition) is 2. The van der Waals surface area contributed by atoms with E-state index < -0.39 is 0 Å². The summed E-state index contributed by atoms with van der Waals surface area (Å²) in [5.74, 6) is 0.0325. The molecule has 0 aliphatic heterocycles. The summed E-state index contributed by atoms with van der Waals surface area (Å²) in [6.07, 6.45) is 1.86. The molecule has 0 aromatic heterocycles. The van der Waals surface area contributed by atoms with Crippen LogP contribution in [0.25, 0.3) is 0 Å². The van der Waals surface area contributed by atoms with Crippen LogP contribution in [0, 0.1) is 0 Å². The Labute approximate surface area is 142 Å². The van der Waals surface area contributed by atoms with Crippen LogP contribution < -0.4 is 11.1 Å². The van der Waals surface area contributed by atoms with Gasteiger partial charge in [-0.05, 0) is 43.0 Å². The summed E-state index contributed by atoms with van der Waals surface area (Å²) in [6.45, 7) is 1.91. The molecule has 0 aliphatic carbocycles. The number of rotatable bonds is 7. The van der Waals surface area contributed by atoms with Crippen molar-refractivity contribution >= 4 is 17.5 Å². The Kier molecular flexibility index (Phi) is 6.63. The molecule has 0 heterocycles. The molecule has 0 aliphatic rings. The molecule has 23 heavy (non-hydrogen) atoms. The molecule has 2 aromatic carbocycles. The van der Waals surface area contributed by atoms with Gasteiger partial charge in [-0.25, -0.2) is 0 Å². The average Bonchev–Trinajstić information content (AvgIpc) is 2.55. The van der Waals surface area contributed by atoms with Crippen LogP contribution in [0.1, 0.15) is 36.9 Å². The molecule has 2 aromatic rings. The minimum Gasteiger partial charge on any atom is -0.349 e. The number of halogens is 1. The van der Waals surface area contributed by atoms with E-state index in [-0.39, 0.29) is 18.0 Å². The maximum absolute atomic E-state index is 12.2. The lowest BCUT2D eigenvalue weighted by Gasteiger charge is -2.20. The van der Waals surface area contributed by atoms with Crippen molar-refractivity contribution in [3.8, 4) is 0 Å². The fourth-order valence-electron chi connectivity index (χ4n) is 2.42. The lowest BCUT2D eigenvalue weighted by atomic mass is 9.98. The van der Waals surface area contributed by atoms with E-state index in [2.05, 4.69) is 5.32 Å². The number of nitrogens with one attached hydrogen (secondary N) is 1. The predicted molar refractivity (Wildman–Crippen MR) is 95.4 cm³/mol. The molecule has 3 nitrogen and oxygen atoms in total. The molecule has 1 amide bonds. The van der Waals surface area contributed by atoms with Crippen LogP contribution in [0.15, 0.2) is 54.6 Å². The van der Waals surface area contributed by atoms with Gasteiger partial charge in [-0.15, -0.1) is 0 Å². The maximum atomic E-state index is 12.2. The van der Waals surface area contributed by atoms with Crippen molar-refractivity contribution in [3.05, 3.63) is 70.7 Å². The fraction of sp³-hybridized carbons (Fsp3) is 0.316. The molecule has 0 fully saturated rings. The van der Waals surface area contributed by atoms with Gasteiger partial charge >= 0.3 is 0 Å². The minimum absolute atomic E-state index is 0.0325. The Morgan fingerprint density at radius 2 is 1.78 bits per heavy atom. The van der Waals surface area contributed by atoms with E-state index >= 15 is 0 Å². The van der Waals surface area contributed by atoms with Crippen molar-refractivity contribution in [2.45, 2.75) is 38.3 Å². The molecule has 2 unspecified atom stereocenters. The Balaban J connectivity index is 2.09. The molecule has 0 radical (unpaired) electrons. The summed E-state index contributed by atoms with van der Waals surface area (Å²) in [5, 5.41) is 3.84. The van der Waals surface area contributed by atoms with Crippen LogP contribution >= 0.6 is 11.6 Å². The normalized spacial score (nSPS) is 13.3. The zero-order chi connectivity index (χ0) is 16.7. The van der Waals surface area contributed by atoms with Gasteiger partial charge in [0.15, 0.2) is 0 Å². The summed E-state index contributed by atoms with van der Waals surface area (Å²) in [4.78, 5) is 12.2. The predicted octanol–water partition coefficient (Wildman–Crippen LogP) is 3.87. The molecule has 2 atom stereocenters. The van der Waals surface area contributed by atoms with E-state index in [4.69, 9.17) is 17.3 Å². The van der Waals surface area contributed by atoms with Crippen LogP contribution in [-0.4, -0.2) is 11.9 Å². The van der Waals surface area contributed by atoms with Crippen LogP contribution in [0.3, 0.4) is 0 Å². The van der Waals surface area contributed by atoms with Gasteiger partial charge in [0.2, 0.25) is 5.91 Å². The second-order valence-electron chi connectivity index (χ2n) is 5.88. The van der Waals surface area contributed by atoms with Gasteiger partial charge in [0.05, 0.1) is 6.04 Å². The Morgan fingerprint density at radius 3 is 2.39 bits per heavy atom. The van der Waals surface area contributed by atoms with Crippen molar-refractivity contribution in [2.75, 3.05) is 0 Å². The third-order valence-electron chi connectivity index (χ3n) is 3.72. The van der Waals surface area contributed by atoms with Gasteiger partial charge in [0.25, 0.3) is 0 Å². The molecule has 0 saturated carbocycles. The zero-order valence-corrected chi connectivity index (χ0v) is 14.1. The third kappa shape index (κ3) is 6.05. The molecule has 0 bridgehead atoms. The number of benzene rings is 2. The highest BCUT2D eigenvalue weighted by atomic mass is 35.5. The molecular formula is C19H23ClN2O. The van der Waals surface area contributed by atoms with Gasteiger partial charge in [0, 0.05) is 17.5 Å². The molecule has 4 heteroatoms. The largest absolute Gasteiger partial charge is 0.349 e. The zero-order valence-electron chi connectivity index (χ0n) is 13.3. The number of carbonyl (C=O) groups is 1. The summed E-state index contributed by atoms with van der Waals surface area (Å²) >= 11 is 5.94. The number of hydrogen-bond donors (Lipinski definition) is 2. The third-order valence-corrected chi connectivity index (χ3v) is 3.97. The standard InChI is InChI=1S/C19H23ClN2O/c1-14(21)7-12-19(23)22-18(16-5-3-2-4-6-16)13-15-8-10-17(20)11-9-15/h2-6,8-11,14,18H,7,12-13,21H2,1H3,(H,22,23). The molecular weight excluding hydrogens is 308 g/mol. The van der Waals surface area contributed by atoms with Crippen LogP contribution in [0.2, 0.25) is 5.02 Å². The summed E-state index contributed by atoms with van der Waals surface area (Å²) < 4.78 is 0. The van der Waals surface area contributed by atoms with Gasteiger partial charge in [-0.3, -0.25) is 4.79 Å². The first kappa shape index (κ1) is 17.5. The monoisotopic (exact) mass is 330 g/mol. The van der Waals surface area contributed by atoms with E-state index in [0.29, 0.717) is 17.9 Å². The van der Waals surface area contributed by atoms with Crippen LogP contribution in [0.4, 0.5) is 0 Å². The highest BCUT2D eigenvalue weighted by Gasteiger charge is 2.15. The topological polar surface area (TPSA) is 55.1 Å². The minimum atomic E-state index is -0.0574.